The third-order valence-corrected chi connectivity index (χ3v) is 4.04. The zero-order valence-corrected chi connectivity index (χ0v) is 12.0. The normalized spacial score (nSPS) is 21.8. The summed E-state index contributed by atoms with van der Waals surface area (Å²) < 4.78 is 0. The Balaban J connectivity index is 1.58. The van der Waals surface area contributed by atoms with Crippen LogP contribution in [0.15, 0.2) is 42.5 Å². The van der Waals surface area contributed by atoms with Crippen molar-refractivity contribution in [3.63, 3.8) is 0 Å². The van der Waals surface area contributed by atoms with E-state index in [1.54, 1.807) is 0 Å². The molecule has 3 rings (SSSR count). The number of nitrogens with one attached hydrogen (secondary N) is 2. The molecule has 0 aromatic heterocycles. The maximum Gasteiger partial charge on any atom is 0.315 e. The van der Waals surface area contributed by atoms with E-state index in [0.29, 0.717) is 12.0 Å². The highest BCUT2D eigenvalue weighted by Crippen LogP contribution is 2.28. The van der Waals surface area contributed by atoms with E-state index in [4.69, 9.17) is 0 Å². The average molecular weight is 284 g/mol. The van der Waals surface area contributed by atoms with Crippen LogP contribution in [0.25, 0.3) is 10.8 Å². The van der Waals surface area contributed by atoms with E-state index in [9.17, 15) is 9.90 Å². The van der Waals surface area contributed by atoms with Crippen LogP contribution >= 0.6 is 0 Å². The highest BCUT2D eigenvalue weighted by atomic mass is 16.3. The Morgan fingerprint density at radius 3 is 2.71 bits per heavy atom. The first-order chi connectivity index (χ1) is 10.1. The van der Waals surface area contributed by atoms with Gasteiger partial charge in [0, 0.05) is 12.6 Å². The number of benzene rings is 2. The Hall–Kier alpha value is -2.07. The first-order valence-corrected chi connectivity index (χ1v) is 7.34. The van der Waals surface area contributed by atoms with Crippen molar-refractivity contribution in [2.75, 3.05) is 6.54 Å². The summed E-state index contributed by atoms with van der Waals surface area (Å²) in [6.45, 7) is 2.32. The summed E-state index contributed by atoms with van der Waals surface area (Å²) >= 11 is 0. The summed E-state index contributed by atoms with van der Waals surface area (Å²) in [5, 5.41) is 18.0. The quantitative estimate of drug-likeness (QED) is 0.808. The Bertz CT molecular complexity index is 656. The highest BCUT2D eigenvalue weighted by Gasteiger charge is 2.33. The van der Waals surface area contributed by atoms with Gasteiger partial charge in [-0.25, -0.2) is 4.79 Å². The van der Waals surface area contributed by atoms with E-state index < -0.39 is 6.10 Å². The average Bonchev–Trinajstić information content (AvgIpc) is 3.19. The predicted molar refractivity (Wildman–Crippen MR) is 83.0 cm³/mol. The Morgan fingerprint density at radius 2 is 2.00 bits per heavy atom. The van der Waals surface area contributed by atoms with Gasteiger partial charge in [-0.2, -0.15) is 0 Å². The molecule has 0 aliphatic heterocycles. The molecule has 3 atom stereocenters. The second kappa shape index (κ2) is 5.74. The summed E-state index contributed by atoms with van der Waals surface area (Å²) in [7, 11) is 0. The van der Waals surface area contributed by atoms with Gasteiger partial charge in [0.15, 0.2) is 0 Å². The molecule has 2 amide bonds. The van der Waals surface area contributed by atoms with Crippen molar-refractivity contribution in [1.82, 2.24) is 10.6 Å². The molecule has 1 aliphatic rings. The predicted octanol–water partition coefficient (Wildman–Crippen LogP) is 2.58. The van der Waals surface area contributed by atoms with Crippen LogP contribution < -0.4 is 10.6 Å². The summed E-state index contributed by atoms with van der Waals surface area (Å²) in [5.74, 6) is 0.571. The molecule has 0 saturated heterocycles. The first-order valence-electron chi connectivity index (χ1n) is 7.34. The molecular formula is C17H20N2O2. The Morgan fingerprint density at radius 1 is 1.29 bits per heavy atom. The molecule has 0 bridgehead atoms. The van der Waals surface area contributed by atoms with E-state index in [-0.39, 0.29) is 12.6 Å². The highest BCUT2D eigenvalue weighted by molar-refractivity contribution is 5.83. The molecule has 0 unspecified atom stereocenters. The molecule has 1 aliphatic carbocycles. The van der Waals surface area contributed by atoms with Gasteiger partial charge in [0.25, 0.3) is 0 Å². The zero-order valence-electron chi connectivity index (χ0n) is 12.0. The molecule has 4 heteroatoms. The second-order valence-electron chi connectivity index (χ2n) is 5.80. The van der Waals surface area contributed by atoms with E-state index in [2.05, 4.69) is 17.6 Å². The van der Waals surface area contributed by atoms with Crippen molar-refractivity contribution in [3.05, 3.63) is 48.0 Å². The minimum absolute atomic E-state index is 0.204. The molecule has 21 heavy (non-hydrogen) atoms. The van der Waals surface area contributed by atoms with Gasteiger partial charge < -0.3 is 15.7 Å². The number of rotatable bonds is 4. The number of fused-ring (bicyclic) bond motifs is 1. The topological polar surface area (TPSA) is 61.4 Å². The second-order valence-corrected chi connectivity index (χ2v) is 5.80. The molecule has 2 aromatic rings. The Kier molecular flexibility index (Phi) is 3.80. The lowest BCUT2D eigenvalue weighted by Crippen LogP contribution is -2.39. The van der Waals surface area contributed by atoms with Gasteiger partial charge in [-0.15, -0.1) is 0 Å². The Labute approximate surface area is 124 Å². The van der Waals surface area contributed by atoms with Crippen molar-refractivity contribution in [1.29, 1.82) is 0 Å². The molecule has 0 radical (unpaired) electrons. The lowest BCUT2D eigenvalue weighted by molar-refractivity contribution is 0.173. The number of carbonyl (C=O) groups excluding carboxylic acids is 1. The summed E-state index contributed by atoms with van der Waals surface area (Å²) in [5.41, 5.74) is 0.814. The van der Waals surface area contributed by atoms with Crippen molar-refractivity contribution < 1.29 is 9.90 Å². The van der Waals surface area contributed by atoms with Gasteiger partial charge in [0.05, 0.1) is 6.10 Å². The number of aliphatic hydroxyl groups is 1. The monoisotopic (exact) mass is 284 g/mol. The van der Waals surface area contributed by atoms with Crippen molar-refractivity contribution in [2.45, 2.75) is 25.5 Å². The fourth-order valence-corrected chi connectivity index (χ4v) is 2.46. The lowest BCUT2D eigenvalue weighted by Gasteiger charge is -2.13. The summed E-state index contributed by atoms with van der Waals surface area (Å²) in [4.78, 5) is 11.7. The molecule has 3 N–H and O–H groups in total. The minimum atomic E-state index is -0.697. The first kappa shape index (κ1) is 13.9. The van der Waals surface area contributed by atoms with Gasteiger partial charge in [-0.05, 0) is 34.7 Å². The van der Waals surface area contributed by atoms with Crippen LogP contribution in [0.3, 0.4) is 0 Å². The minimum Gasteiger partial charge on any atom is -0.387 e. The number of carbonyl (C=O) groups is 1. The van der Waals surface area contributed by atoms with Crippen LogP contribution in [0.1, 0.15) is 25.0 Å². The van der Waals surface area contributed by atoms with Crippen molar-refractivity contribution in [3.8, 4) is 0 Å². The van der Waals surface area contributed by atoms with Crippen LogP contribution in [0.2, 0.25) is 0 Å². The van der Waals surface area contributed by atoms with Gasteiger partial charge in [-0.1, -0.05) is 43.3 Å². The summed E-state index contributed by atoms with van der Waals surface area (Å²) in [6, 6.07) is 13.9. The summed E-state index contributed by atoms with van der Waals surface area (Å²) in [6.07, 6.45) is 0.345. The van der Waals surface area contributed by atoms with Crippen molar-refractivity contribution in [2.24, 2.45) is 5.92 Å². The van der Waals surface area contributed by atoms with Crippen LogP contribution in [-0.2, 0) is 0 Å². The van der Waals surface area contributed by atoms with Crippen molar-refractivity contribution >= 4 is 16.8 Å². The van der Waals surface area contributed by atoms with E-state index in [1.165, 1.54) is 0 Å². The molecule has 1 fully saturated rings. The van der Waals surface area contributed by atoms with Gasteiger partial charge in [-0.3, -0.25) is 0 Å². The number of hydrogen-bond donors (Lipinski definition) is 3. The number of aliphatic hydroxyl groups excluding tert-OH is 1. The molecule has 0 heterocycles. The van der Waals surface area contributed by atoms with Crippen LogP contribution in [0.4, 0.5) is 4.79 Å². The maximum absolute atomic E-state index is 11.7. The molecule has 1 saturated carbocycles. The standard InChI is InChI=1S/C17H20N2O2/c1-11-8-15(11)19-17(21)18-10-16(20)14-7-6-12-4-2-3-5-13(12)9-14/h2-7,9,11,15-16,20H,8,10H2,1H3,(H2,18,19,21)/t11-,15-,16-/m1/s1. The third kappa shape index (κ3) is 3.34. The zero-order chi connectivity index (χ0) is 14.8. The van der Waals surface area contributed by atoms with Crippen LogP contribution in [-0.4, -0.2) is 23.7 Å². The number of amides is 2. The van der Waals surface area contributed by atoms with Crippen LogP contribution in [0.5, 0.6) is 0 Å². The fraction of sp³-hybridized carbons (Fsp3) is 0.353. The van der Waals surface area contributed by atoms with E-state index in [1.807, 2.05) is 42.5 Å². The van der Waals surface area contributed by atoms with E-state index >= 15 is 0 Å². The molecule has 4 nitrogen and oxygen atoms in total. The third-order valence-electron chi connectivity index (χ3n) is 4.04. The lowest BCUT2D eigenvalue weighted by atomic mass is 10.0. The van der Waals surface area contributed by atoms with E-state index in [0.717, 1.165) is 22.8 Å². The fourth-order valence-electron chi connectivity index (χ4n) is 2.46. The smallest absolute Gasteiger partial charge is 0.315 e. The van der Waals surface area contributed by atoms with Crippen LogP contribution in [0, 0.1) is 5.92 Å². The van der Waals surface area contributed by atoms with Gasteiger partial charge >= 0.3 is 6.03 Å². The molecule has 0 spiro atoms. The molecular weight excluding hydrogens is 264 g/mol. The maximum atomic E-state index is 11.7. The molecule has 2 aromatic carbocycles. The SMILES string of the molecule is C[C@@H]1C[C@H]1NC(=O)NC[C@@H](O)c1ccc2ccccc2c1. The van der Waals surface area contributed by atoms with Gasteiger partial charge in [0.1, 0.15) is 0 Å². The molecule has 110 valence electrons. The number of hydrogen-bond acceptors (Lipinski definition) is 2. The largest absolute Gasteiger partial charge is 0.387 e. The number of urea groups is 1. The van der Waals surface area contributed by atoms with Gasteiger partial charge in [0.2, 0.25) is 0 Å².